The summed E-state index contributed by atoms with van der Waals surface area (Å²) in [5.74, 6) is 1.37. The molecule has 0 heterocycles. The zero-order valence-corrected chi connectivity index (χ0v) is 12.0. The highest BCUT2D eigenvalue weighted by Crippen LogP contribution is 2.35. The highest BCUT2D eigenvalue weighted by molar-refractivity contribution is 5.80. The molecule has 0 aromatic heterocycles. The van der Waals surface area contributed by atoms with Gasteiger partial charge in [0.25, 0.3) is 0 Å². The molecule has 4 unspecified atom stereocenters. The molecule has 0 saturated heterocycles. The normalized spacial score (nSPS) is 39.6. The Morgan fingerprint density at radius 2 is 1.78 bits per heavy atom. The molecule has 2 rings (SSSR count). The molecule has 0 spiro atoms. The van der Waals surface area contributed by atoms with Crippen LogP contribution in [0.3, 0.4) is 0 Å². The van der Waals surface area contributed by atoms with E-state index in [9.17, 15) is 4.79 Å². The van der Waals surface area contributed by atoms with Gasteiger partial charge < -0.3 is 11.1 Å². The van der Waals surface area contributed by atoms with Gasteiger partial charge in [-0.25, -0.2) is 0 Å². The van der Waals surface area contributed by atoms with Gasteiger partial charge in [0.1, 0.15) is 0 Å². The number of amides is 1. The van der Waals surface area contributed by atoms with Crippen LogP contribution in [0.15, 0.2) is 0 Å². The lowest BCUT2D eigenvalue weighted by atomic mass is 9.72. The Balaban J connectivity index is 1.96. The van der Waals surface area contributed by atoms with E-state index in [2.05, 4.69) is 26.1 Å². The molecule has 0 aromatic rings. The third kappa shape index (κ3) is 2.87. The zero-order chi connectivity index (χ0) is 13.3. The van der Waals surface area contributed by atoms with Crippen LogP contribution in [-0.2, 0) is 4.79 Å². The molecule has 104 valence electrons. The summed E-state index contributed by atoms with van der Waals surface area (Å²) < 4.78 is 0. The largest absolute Gasteiger partial charge is 0.351 e. The highest BCUT2D eigenvalue weighted by Gasteiger charge is 2.38. The summed E-state index contributed by atoms with van der Waals surface area (Å²) >= 11 is 0. The van der Waals surface area contributed by atoms with Crippen molar-refractivity contribution in [1.29, 1.82) is 0 Å². The van der Waals surface area contributed by atoms with Crippen LogP contribution < -0.4 is 11.1 Å². The van der Waals surface area contributed by atoms with E-state index in [0.717, 1.165) is 25.7 Å². The van der Waals surface area contributed by atoms with Crippen molar-refractivity contribution >= 4 is 5.91 Å². The third-order valence-electron chi connectivity index (χ3n) is 5.16. The lowest BCUT2D eigenvalue weighted by molar-refractivity contribution is -0.130. The Morgan fingerprint density at radius 3 is 2.39 bits per heavy atom. The average Bonchev–Trinajstić information content (AvgIpc) is 2.70. The first-order valence-corrected chi connectivity index (χ1v) is 7.49. The van der Waals surface area contributed by atoms with Crippen LogP contribution in [0.1, 0.15) is 59.3 Å². The number of nitrogens with one attached hydrogen (secondary N) is 1. The van der Waals surface area contributed by atoms with Crippen molar-refractivity contribution in [3.63, 3.8) is 0 Å². The van der Waals surface area contributed by atoms with E-state index >= 15 is 0 Å². The average molecular weight is 252 g/mol. The van der Waals surface area contributed by atoms with Gasteiger partial charge in [-0.15, -0.1) is 0 Å². The molecule has 2 aliphatic carbocycles. The van der Waals surface area contributed by atoms with Crippen molar-refractivity contribution in [3.8, 4) is 0 Å². The maximum atomic E-state index is 12.5. The first kappa shape index (κ1) is 13.9. The lowest BCUT2D eigenvalue weighted by Gasteiger charge is -2.38. The maximum Gasteiger partial charge on any atom is 0.223 e. The fourth-order valence-electron chi connectivity index (χ4n) is 3.72. The first-order valence-electron chi connectivity index (χ1n) is 7.49. The number of hydrogen-bond donors (Lipinski definition) is 2. The van der Waals surface area contributed by atoms with Gasteiger partial charge in [0.05, 0.1) is 0 Å². The number of hydrogen-bond acceptors (Lipinski definition) is 2. The quantitative estimate of drug-likeness (QED) is 0.793. The molecule has 3 N–H and O–H groups in total. The van der Waals surface area contributed by atoms with Gasteiger partial charge >= 0.3 is 0 Å². The Kier molecular flexibility index (Phi) is 4.00. The summed E-state index contributed by atoms with van der Waals surface area (Å²) in [5, 5.41) is 3.30. The molecule has 0 bridgehead atoms. The second-order valence-corrected chi connectivity index (χ2v) is 6.95. The van der Waals surface area contributed by atoms with Gasteiger partial charge in [-0.1, -0.05) is 26.7 Å². The second kappa shape index (κ2) is 5.20. The van der Waals surface area contributed by atoms with Crippen LogP contribution in [-0.4, -0.2) is 17.5 Å². The Hall–Kier alpha value is -0.570. The van der Waals surface area contributed by atoms with Gasteiger partial charge in [0.2, 0.25) is 5.91 Å². The van der Waals surface area contributed by atoms with Crippen molar-refractivity contribution in [3.05, 3.63) is 0 Å². The summed E-state index contributed by atoms with van der Waals surface area (Å²) in [6.07, 6.45) is 6.67. The molecule has 3 heteroatoms. The molecule has 1 amide bonds. The predicted molar refractivity (Wildman–Crippen MR) is 74.0 cm³/mol. The summed E-state index contributed by atoms with van der Waals surface area (Å²) in [6, 6.07) is 0.188. The molecule has 0 aliphatic heterocycles. The minimum Gasteiger partial charge on any atom is -0.351 e. The Morgan fingerprint density at radius 1 is 1.17 bits per heavy atom. The van der Waals surface area contributed by atoms with Crippen molar-refractivity contribution in [2.75, 3.05) is 0 Å². The molecule has 3 nitrogen and oxygen atoms in total. The lowest BCUT2D eigenvalue weighted by Crippen LogP contribution is -2.51. The topological polar surface area (TPSA) is 55.1 Å². The van der Waals surface area contributed by atoms with Crippen LogP contribution in [0.2, 0.25) is 0 Å². The smallest absolute Gasteiger partial charge is 0.223 e. The number of rotatable bonds is 2. The van der Waals surface area contributed by atoms with Crippen LogP contribution in [0.25, 0.3) is 0 Å². The van der Waals surface area contributed by atoms with Gasteiger partial charge in [0, 0.05) is 17.5 Å². The molecule has 18 heavy (non-hydrogen) atoms. The summed E-state index contributed by atoms with van der Waals surface area (Å²) in [7, 11) is 0. The molecule has 4 atom stereocenters. The summed E-state index contributed by atoms with van der Waals surface area (Å²) in [6.45, 7) is 6.59. The standard InChI is InChI=1S/C15H28N2O/c1-10-8-11(2)13(16)9-12(10)14(18)17-15(3)6-4-5-7-15/h10-13H,4-9,16H2,1-3H3,(H,17,18). The van der Waals surface area contributed by atoms with E-state index in [1.807, 2.05) is 0 Å². The van der Waals surface area contributed by atoms with E-state index in [-0.39, 0.29) is 23.4 Å². The molecule has 2 aliphatic rings. The van der Waals surface area contributed by atoms with Crippen molar-refractivity contribution in [2.24, 2.45) is 23.5 Å². The van der Waals surface area contributed by atoms with E-state index in [1.54, 1.807) is 0 Å². The van der Waals surface area contributed by atoms with Crippen molar-refractivity contribution in [2.45, 2.75) is 70.9 Å². The molecule has 2 fully saturated rings. The van der Waals surface area contributed by atoms with Crippen LogP contribution in [0.5, 0.6) is 0 Å². The summed E-state index contributed by atoms with van der Waals surface area (Å²) in [5.41, 5.74) is 6.18. The summed E-state index contributed by atoms with van der Waals surface area (Å²) in [4.78, 5) is 12.5. The Bertz CT molecular complexity index is 310. The number of carbonyl (C=O) groups excluding carboxylic acids is 1. The van der Waals surface area contributed by atoms with E-state index < -0.39 is 0 Å². The minimum absolute atomic E-state index is 0.0456. The zero-order valence-electron chi connectivity index (χ0n) is 12.0. The van der Waals surface area contributed by atoms with Gasteiger partial charge in [0.15, 0.2) is 0 Å². The Labute approximate surface area is 111 Å². The van der Waals surface area contributed by atoms with Gasteiger partial charge in [-0.3, -0.25) is 4.79 Å². The van der Waals surface area contributed by atoms with E-state index in [1.165, 1.54) is 12.8 Å². The van der Waals surface area contributed by atoms with Crippen molar-refractivity contribution < 1.29 is 4.79 Å². The maximum absolute atomic E-state index is 12.5. The second-order valence-electron chi connectivity index (χ2n) is 6.95. The molecular formula is C15H28N2O. The third-order valence-corrected chi connectivity index (χ3v) is 5.16. The predicted octanol–water partition coefficient (Wildman–Crippen LogP) is 2.44. The minimum atomic E-state index is 0.0456. The first-order chi connectivity index (χ1) is 8.41. The fraction of sp³-hybridized carbons (Fsp3) is 0.933. The highest BCUT2D eigenvalue weighted by atomic mass is 16.2. The van der Waals surface area contributed by atoms with Crippen LogP contribution in [0.4, 0.5) is 0 Å². The monoisotopic (exact) mass is 252 g/mol. The van der Waals surface area contributed by atoms with Crippen LogP contribution >= 0.6 is 0 Å². The molecule has 2 saturated carbocycles. The van der Waals surface area contributed by atoms with E-state index in [0.29, 0.717) is 11.8 Å². The number of carbonyl (C=O) groups is 1. The fourth-order valence-corrected chi connectivity index (χ4v) is 3.72. The molecule has 0 aromatic carbocycles. The van der Waals surface area contributed by atoms with Crippen molar-refractivity contribution in [1.82, 2.24) is 5.32 Å². The molecule has 0 radical (unpaired) electrons. The molecular weight excluding hydrogens is 224 g/mol. The van der Waals surface area contributed by atoms with Crippen LogP contribution in [0, 0.1) is 17.8 Å². The SMILES string of the molecule is CC1CC(C)C(C(=O)NC2(C)CCCC2)CC1N. The van der Waals surface area contributed by atoms with Gasteiger partial charge in [-0.05, 0) is 44.4 Å². The number of nitrogens with two attached hydrogens (primary N) is 1. The van der Waals surface area contributed by atoms with Gasteiger partial charge in [-0.2, -0.15) is 0 Å². The van der Waals surface area contributed by atoms with E-state index in [4.69, 9.17) is 5.73 Å².